The molecule has 3 N–H and O–H groups in total. The first-order valence-corrected chi connectivity index (χ1v) is 5.75. The fraction of sp³-hybridized carbons (Fsp3) is 0.500. The van der Waals surface area contributed by atoms with Crippen LogP contribution in [0.4, 0.5) is 5.69 Å². The van der Waals surface area contributed by atoms with E-state index in [1.807, 2.05) is 5.38 Å². The number of hydrogen-bond donors (Lipinski definition) is 2. The maximum absolute atomic E-state index is 11.7. The SMILES string of the molecule is COC1CC(NC(=O)c2sccc2N)C1. The molecule has 5 heteroatoms. The third-order valence-electron chi connectivity index (χ3n) is 2.67. The van der Waals surface area contributed by atoms with Gasteiger partial charge in [0.25, 0.3) is 5.91 Å². The molecule has 15 heavy (non-hydrogen) atoms. The van der Waals surface area contributed by atoms with E-state index in [2.05, 4.69) is 5.32 Å². The normalized spacial score (nSPS) is 24.6. The number of methoxy groups -OCH3 is 1. The summed E-state index contributed by atoms with van der Waals surface area (Å²) in [6, 6.07) is 1.99. The molecule has 2 rings (SSSR count). The lowest BCUT2D eigenvalue weighted by Crippen LogP contribution is -2.47. The quantitative estimate of drug-likeness (QED) is 0.815. The number of carbonyl (C=O) groups excluding carboxylic acids is 1. The zero-order valence-electron chi connectivity index (χ0n) is 8.53. The van der Waals surface area contributed by atoms with Crippen LogP contribution in [0, 0.1) is 0 Å². The topological polar surface area (TPSA) is 64.3 Å². The summed E-state index contributed by atoms with van der Waals surface area (Å²) < 4.78 is 5.14. The Labute approximate surface area is 92.4 Å². The average molecular weight is 226 g/mol. The largest absolute Gasteiger partial charge is 0.397 e. The van der Waals surface area contributed by atoms with Gasteiger partial charge in [-0.05, 0) is 24.3 Å². The summed E-state index contributed by atoms with van der Waals surface area (Å²) >= 11 is 1.37. The monoisotopic (exact) mass is 226 g/mol. The molecule has 1 aromatic heterocycles. The Morgan fingerprint density at radius 1 is 1.67 bits per heavy atom. The van der Waals surface area contributed by atoms with Gasteiger partial charge in [0.05, 0.1) is 11.8 Å². The van der Waals surface area contributed by atoms with Crippen molar-refractivity contribution in [1.82, 2.24) is 5.32 Å². The van der Waals surface area contributed by atoms with Crippen LogP contribution < -0.4 is 11.1 Å². The van der Waals surface area contributed by atoms with Gasteiger partial charge in [-0.15, -0.1) is 11.3 Å². The lowest BCUT2D eigenvalue weighted by atomic mass is 9.89. The highest BCUT2D eigenvalue weighted by Gasteiger charge is 2.30. The van der Waals surface area contributed by atoms with E-state index >= 15 is 0 Å². The van der Waals surface area contributed by atoms with Gasteiger partial charge in [-0.25, -0.2) is 0 Å². The second-order valence-electron chi connectivity index (χ2n) is 3.70. The van der Waals surface area contributed by atoms with Gasteiger partial charge in [0.1, 0.15) is 4.88 Å². The number of nitrogens with two attached hydrogens (primary N) is 1. The Morgan fingerprint density at radius 3 is 2.93 bits per heavy atom. The first-order chi connectivity index (χ1) is 7.20. The van der Waals surface area contributed by atoms with Gasteiger partial charge in [-0.3, -0.25) is 4.79 Å². The van der Waals surface area contributed by atoms with E-state index in [-0.39, 0.29) is 11.9 Å². The number of amides is 1. The van der Waals surface area contributed by atoms with Crippen molar-refractivity contribution in [1.29, 1.82) is 0 Å². The maximum atomic E-state index is 11.7. The maximum Gasteiger partial charge on any atom is 0.263 e. The van der Waals surface area contributed by atoms with Crippen LogP contribution in [-0.2, 0) is 4.74 Å². The Morgan fingerprint density at radius 2 is 2.40 bits per heavy atom. The molecule has 82 valence electrons. The van der Waals surface area contributed by atoms with Crippen molar-refractivity contribution in [3.63, 3.8) is 0 Å². The third-order valence-corrected chi connectivity index (χ3v) is 3.59. The number of nitrogens with one attached hydrogen (secondary N) is 1. The first kappa shape index (κ1) is 10.4. The summed E-state index contributed by atoms with van der Waals surface area (Å²) in [6.45, 7) is 0. The lowest BCUT2D eigenvalue weighted by Gasteiger charge is -2.34. The Bertz CT molecular complexity index is 358. The minimum atomic E-state index is -0.0675. The smallest absolute Gasteiger partial charge is 0.263 e. The highest BCUT2D eigenvalue weighted by molar-refractivity contribution is 7.12. The van der Waals surface area contributed by atoms with Crippen molar-refractivity contribution < 1.29 is 9.53 Å². The van der Waals surface area contributed by atoms with Crippen LogP contribution >= 0.6 is 11.3 Å². The van der Waals surface area contributed by atoms with E-state index in [9.17, 15) is 4.79 Å². The summed E-state index contributed by atoms with van der Waals surface area (Å²) in [7, 11) is 1.69. The lowest BCUT2D eigenvalue weighted by molar-refractivity contribution is 0.0177. The zero-order chi connectivity index (χ0) is 10.8. The summed E-state index contributed by atoms with van der Waals surface area (Å²) in [4.78, 5) is 12.3. The second kappa shape index (κ2) is 4.20. The number of thiophene rings is 1. The Balaban J connectivity index is 1.87. The van der Waals surface area contributed by atoms with Crippen molar-refractivity contribution in [3.8, 4) is 0 Å². The number of rotatable bonds is 3. The molecule has 1 amide bonds. The molecule has 0 atom stereocenters. The van der Waals surface area contributed by atoms with Gasteiger partial charge in [0, 0.05) is 13.2 Å². The van der Waals surface area contributed by atoms with Gasteiger partial charge < -0.3 is 15.8 Å². The molecule has 1 aromatic rings. The molecular weight excluding hydrogens is 212 g/mol. The van der Waals surface area contributed by atoms with E-state index in [1.54, 1.807) is 13.2 Å². The second-order valence-corrected chi connectivity index (χ2v) is 4.62. The van der Waals surface area contributed by atoms with Crippen LogP contribution in [0.5, 0.6) is 0 Å². The Kier molecular flexibility index (Phi) is 2.93. The van der Waals surface area contributed by atoms with Gasteiger partial charge in [0.15, 0.2) is 0 Å². The minimum absolute atomic E-state index is 0.0675. The highest BCUT2D eigenvalue weighted by Crippen LogP contribution is 2.24. The van der Waals surface area contributed by atoms with Gasteiger partial charge in [0.2, 0.25) is 0 Å². The number of carbonyl (C=O) groups is 1. The van der Waals surface area contributed by atoms with Gasteiger partial charge in [-0.1, -0.05) is 0 Å². The molecule has 0 spiro atoms. The molecule has 0 unspecified atom stereocenters. The van der Waals surface area contributed by atoms with E-state index in [0.717, 1.165) is 12.8 Å². The summed E-state index contributed by atoms with van der Waals surface area (Å²) in [5.74, 6) is -0.0675. The molecule has 1 saturated carbocycles. The number of anilines is 1. The predicted octanol–water partition coefficient (Wildman–Crippen LogP) is 1.24. The summed E-state index contributed by atoms with van der Waals surface area (Å²) in [5, 5.41) is 4.76. The number of hydrogen-bond acceptors (Lipinski definition) is 4. The van der Waals surface area contributed by atoms with Crippen molar-refractivity contribution >= 4 is 22.9 Å². The molecule has 0 saturated heterocycles. The predicted molar refractivity (Wildman–Crippen MR) is 60.0 cm³/mol. The van der Waals surface area contributed by atoms with E-state index in [0.29, 0.717) is 16.7 Å². The van der Waals surface area contributed by atoms with Crippen LogP contribution in [0.25, 0.3) is 0 Å². The molecule has 4 nitrogen and oxygen atoms in total. The molecule has 0 aromatic carbocycles. The zero-order valence-corrected chi connectivity index (χ0v) is 9.34. The van der Waals surface area contributed by atoms with Gasteiger partial charge in [-0.2, -0.15) is 0 Å². The molecule has 0 radical (unpaired) electrons. The molecule has 0 bridgehead atoms. The average Bonchev–Trinajstić information content (AvgIpc) is 2.56. The van der Waals surface area contributed by atoms with Crippen LogP contribution in [0.15, 0.2) is 11.4 Å². The fourth-order valence-electron chi connectivity index (χ4n) is 1.63. The molecule has 1 heterocycles. The van der Waals surface area contributed by atoms with Crippen molar-refractivity contribution in [2.75, 3.05) is 12.8 Å². The third kappa shape index (κ3) is 2.13. The molecule has 1 aliphatic rings. The minimum Gasteiger partial charge on any atom is -0.397 e. The number of nitrogen functional groups attached to an aromatic ring is 1. The van der Waals surface area contributed by atoms with Crippen molar-refractivity contribution in [2.24, 2.45) is 0 Å². The van der Waals surface area contributed by atoms with E-state index in [1.165, 1.54) is 11.3 Å². The molecule has 0 aliphatic heterocycles. The van der Waals surface area contributed by atoms with Crippen LogP contribution in [-0.4, -0.2) is 25.2 Å². The van der Waals surface area contributed by atoms with E-state index < -0.39 is 0 Å². The van der Waals surface area contributed by atoms with Crippen molar-refractivity contribution in [3.05, 3.63) is 16.3 Å². The van der Waals surface area contributed by atoms with Crippen LogP contribution in [0.1, 0.15) is 22.5 Å². The molecule has 1 fully saturated rings. The van der Waals surface area contributed by atoms with E-state index in [4.69, 9.17) is 10.5 Å². The summed E-state index contributed by atoms with van der Waals surface area (Å²) in [6.07, 6.45) is 2.09. The van der Waals surface area contributed by atoms with Gasteiger partial charge >= 0.3 is 0 Å². The fourth-order valence-corrected chi connectivity index (χ4v) is 2.35. The highest BCUT2D eigenvalue weighted by atomic mass is 32.1. The molecule has 1 aliphatic carbocycles. The van der Waals surface area contributed by atoms with Crippen molar-refractivity contribution in [2.45, 2.75) is 25.0 Å². The molecular formula is C10H14N2O2S. The standard InChI is InChI=1S/C10H14N2O2S/c1-14-7-4-6(5-7)12-10(13)9-8(11)2-3-15-9/h2-3,6-7H,4-5,11H2,1H3,(H,12,13). The first-order valence-electron chi connectivity index (χ1n) is 4.87. The van der Waals surface area contributed by atoms with Crippen LogP contribution in [0.3, 0.4) is 0 Å². The Hall–Kier alpha value is -1.07. The number of ether oxygens (including phenoxy) is 1. The summed E-state index contributed by atoms with van der Waals surface area (Å²) in [5.41, 5.74) is 6.21. The van der Waals surface area contributed by atoms with Crippen LogP contribution in [0.2, 0.25) is 0 Å².